The second kappa shape index (κ2) is 6.74. The third-order valence-electron chi connectivity index (χ3n) is 2.88. The van der Waals surface area contributed by atoms with E-state index in [0.29, 0.717) is 17.1 Å². The van der Waals surface area contributed by atoms with Crippen LogP contribution >= 0.6 is 0 Å². The van der Waals surface area contributed by atoms with Gasteiger partial charge in [0.2, 0.25) is 0 Å². The Hall–Kier alpha value is -2.56. The van der Waals surface area contributed by atoms with Gasteiger partial charge in [-0.2, -0.15) is 0 Å². The Morgan fingerprint density at radius 1 is 1.14 bits per heavy atom. The van der Waals surface area contributed by atoms with Crippen molar-refractivity contribution < 1.29 is 23.4 Å². The molecule has 0 amide bonds. The highest BCUT2D eigenvalue weighted by molar-refractivity contribution is 5.92. The molecule has 0 aliphatic heterocycles. The summed E-state index contributed by atoms with van der Waals surface area (Å²) >= 11 is 0. The van der Waals surface area contributed by atoms with Crippen LogP contribution in [0.5, 0.6) is 11.5 Å². The van der Waals surface area contributed by atoms with Gasteiger partial charge in [0.1, 0.15) is 29.5 Å². The molecule has 110 valence electrons. The second-order valence-electron chi connectivity index (χ2n) is 4.27. The predicted molar refractivity (Wildman–Crippen MR) is 75.1 cm³/mol. The average Bonchev–Trinajstić information content (AvgIpc) is 2.52. The van der Waals surface area contributed by atoms with Crippen molar-refractivity contribution >= 4 is 5.97 Å². The van der Waals surface area contributed by atoms with E-state index in [1.807, 2.05) is 0 Å². The summed E-state index contributed by atoms with van der Waals surface area (Å²) in [5, 5.41) is 0. The zero-order chi connectivity index (χ0) is 15.2. The van der Waals surface area contributed by atoms with Gasteiger partial charge >= 0.3 is 5.97 Å². The van der Waals surface area contributed by atoms with Crippen molar-refractivity contribution in [1.82, 2.24) is 0 Å². The summed E-state index contributed by atoms with van der Waals surface area (Å²) in [6, 6.07) is 10.9. The number of hydrogen-bond acceptors (Lipinski definition) is 4. The van der Waals surface area contributed by atoms with Crippen molar-refractivity contribution in [3.05, 3.63) is 59.4 Å². The van der Waals surface area contributed by atoms with Crippen LogP contribution in [0.1, 0.15) is 15.9 Å². The SMILES string of the molecule is COC(=O)c1ccc(OC)cc1OCc1cccc(F)c1. The molecule has 0 saturated heterocycles. The van der Waals surface area contributed by atoms with Crippen molar-refractivity contribution in [2.24, 2.45) is 0 Å². The molecule has 0 fully saturated rings. The first-order chi connectivity index (χ1) is 10.1. The summed E-state index contributed by atoms with van der Waals surface area (Å²) in [6.07, 6.45) is 0. The fourth-order valence-electron chi connectivity index (χ4n) is 1.82. The van der Waals surface area contributed by atoms with Gasteiger partial charge in [-0.15, -0.1) is 0 Å². The van der Waals surface area contributed by atoms with Gasteiger partial charge in [-0.1, -0.05) is 12.1 Å². The highest BCUT2D eigenvalue weighted by atomic mass is 19.1. The zero-order valence-electron chi connectivity index (χ0n) is 11.8. The minimum Gasteiger partial charge on any atom is -0.497 e. The van der Waals surface area contributed by atoms with Crippen LogP contribution in [-0.2, 0) is 11.3 Å². The van der Waals surface area contributed by atoms with Crippen molar-refractivity contribution in [3.63, 3.8) is 0 Å². The van der Waals surface area contributed by atoms with Gasteiger partial charge < -0.3 is 14.2 Å². The normalized spacial score (nSPS) is 10.0. The molecule has 0 atom stereocenters. The van der Waals surface area contributed by atoms with Crippen LogP contribution in [0.25, 0.3) is 0 Å². The molecule has 0 heterocycles. The molecule has 0 saturated carbocycles. The molecule has 2 aromatic carbocycles. The highest BCUT2D eigenvalue weighted by Crippen LogP contribution is 2.26. The smallest absolute Gasteiger partial charge is 0.341 e. The second-order valence-corrected chi connectivity index (χ2v) is 4.27. The van der Waals surface area contributed by atoms with Gasteiger partial charge in [0.15, 0.2) is 0 Å². The summed E-state index contributed by atoms with van der Waals surface area (Å²) < 4.78 is 28.5. The molecule has 0 aliphatic carbocycles. The topological polar surface area (TPSA) is 44.8 Å². The number of carbonyl (C=O) groups is 1. The minimum absolute atomic E-state index is 0.134. The first-order valence-corrected chi connectivity index (χ1v) is 6.27. The number of benzene rings is 2. The fraction of sp³-hybridized carbons (Fsp3) is 0.188. The van der Waals surface area contributed by atoms with E-state index in [1.54, 1.807) is 30.3 Å². The molecule has 0 aliphatic rings. The highest BCUT2D eigenvalue weighted by Gasteiger charge is 2.14. The number of ether oxygens (including phenoxy) is 3. The number of hydrogen-bond donors (Lipinski definition) is 0. The quantitative estimate of drug-likeness (QED) is 0.793. The van der Waals surface area contributed by atoms with Gasteiger partial charge in [-0.3, -0.25) is 0 Å². The van der Waals surface area contributed by atoms with Crippen LogP contribution in [-0.4, -0.2) is 20.2 Å². The number of esters is 1. The maximum atomic E-state index is 13.1. The summed E-state index contributed by atoms with van der Waals surface area (Å²) in [5.41, 5.74) is 0.948. The zero-order valence-corrected chi connectivity index (χ0v) is 11.8. The Labute approximate surface area is 122 Å². The van der Waals surface area contributed by atoms with Gasteiger partial charge in [0.25, 0.3) is 0 Å². The van der Waals surface area contributed by atoms with Crippen LogP contribution in [0.3, 0.4) is 0 Å². The van der Waals surface area contributed by atoms with E-state index in [4.69, 9.17) is 14.2 Å². The molecule has 0 bridgehead atoms. The largest absolute Gasteiger partial charge is 0.497 e. The Morgan fingerprint density at radius 3 is 2.62 bits per heavy atom. The Morgan fingerprint density at radius 2 is 1.95 bits per heavy atom. The Balaban J connectivity index is 2.22. The van der Waals surface area contributed by atoms with Crippen molar-refractivity contribution in [2.45, 2.75) is 6.61 Å². The van der Waals surface area contributed by atoms with E-state index in [1.165, 1.54) is 26.4 Å². The molecular formula is C16H15FO4. The van der Waals surface area contributed by atoms with Gasteiger partial charge in [0, 0.05) is 6.07 Å². The third-order valence-corrected chi connectivity index (χ3v) is 2.88. The molecule has 4 nitrogen and oxygen atoms in total. The fourth-order valence-corrected chi connectivity index (χ4v) is 1.82. The predicted octanol–water partition coefficient (Wildman–Crippen LogP) is 3.20. The first kappa shape index (κ1) is 14.8. The maximum absolute atomic E-state index is 13.1. The molecule has 0 unspecified atom stereocenters. The van der Waals surface area contributed by atoms with Crippen LogP contribution in [0.2, 0.25) is 0 Å². The van der Waals surface area contributed by atoms with E-state index < -0.39 is 5.97 Å². The monoisotopic (exact) mass is 290 g/mol. The molecular weight excluding hydrogens is 275 g/mol. The van der Waals surface area contributed by atoms with Crippen LogP contribution in [0.15, 0.2) is 42.5 Å². The number of carbonyl (C=O) groups excluding carboxylic acids is 1. The van der Waals surface area contributed by atoms with E-state index in [-0.39, 0.29) is 18.0 Å². The molecule has 21 heavy (non-hydrogen) atoms. The van der Waals surface area contributed by atoms with E-state index in [2.05, 4.69) is 0 Å². The number of halogens is 1. The summed E-state index contributed by atoms with van der Waals surface area (Å²) in [5.74, 6) is 0.0317. The molecule has 0 radical (unpaired) electrons. The van der Waals surface area contributed by atoms with Gasteiger partial charge in [-0.05, 0) is 29.8 Å². The Kier molecular flexibility index (Phi) is 4.77. The van der Waals surface area contributed by atoms with E-state index in [9.17, 15) is 9.18 Å². The minimum atomic E-state index is -0.508. The first-order valence-electron chi connectivity index (χ1n) is 6.27. The lowest BCUT2D eigenvalue weighted by molar-refractivity contribution is 0.0595. The third kappa shape index (κ3) is 3.72. The Bertz CT molecular complexity index is 640. The number of rotatable bonds is 5. The van der Waals surface area contributed by atoms with Gasteiger partial charge in [-0.25, -0.2) is 9.18 Å². The van der Waals surface area contributed by atoms with E-state index >= 15 is 0 Å². The maximum Gasteiger partial charge on any atom is 0.341 e. The standard InChI is InChI=1S/C16H15FO4/c1-19-13-6-7-14(16(18)20-2)15(9-13)21-10-11-4-3-5-12(17)8-11/h3-9H,10H2,1-2H3. The molecule has 0 N–H and O–H groups in total. The van der Waals surface area contributed by atoms with Crippen LogP contribution in [0.4, 0.5) is 4.39 Å². The summed E-state index contributed by atoms with van der Waals surface area (Å²) in [4.78, 5) is 11.7. The van der Waals surface area contributed by atoms with Crippen molar-refractivity contribution in [3.8, 4) is 11.5 Å². The van der Waals surface area contributed by atoms with Crippen LogP contribution in [0, 0.1) is 5.82 Å². The molecule has 2 aromatic rings. The molecule has 2 rings (SSSR count). The molecule has 0 spiro atoms. The molecule has 0 aromatic heterocycles. The van der Waals surface area contributed by atoms with Crippen molar-refractivity contribution in [1.29, 1.82) is 0 Å². The molecule has 5 heteroatoms. The lowest BCUT2D eigenvalue weighted by atomic mass is 10.2. The average molecular weight is 290 g/mol. The van der Waals surface area contributed by atoms with Gasteiger partial charge in [0.05, 0.1) is 14.2 Å². The summed E-state index contributed by atoms with van der Waals surface area (Å²) in [7, 11) is 2.81. The number of methoxy groups -OCH3 is 2. The lowest BCUT2D eigenvalue weighted by Crippen LogP contribution is -2.06. The summed E-state index contributed by atoms with van der Waals surface area (Å²) in [6.45, 7) is 0.134. The van der Waals surface area contributed by atoms with Crippen LogP contribution < -0.4 is 9.47 Å². The van der Waals surface area contributed by atoms with E-state index in [0.717, 1.165) is 0 Å². The van der Waals surface area contributed by atoms with Crippen molar-refractivity contribution in [2.75, 3.05) is 14.2 Å². The lowest BCUT2D eigenvalue weighted by Gasteiger charge is -2.12.